The molecule has 15 heavy (non-hydrogen) atoms. The van der Waals surface area contributed by atoms with Crippen LogP contribution in [-0.4, -0.2) is 12.6 Å². The van der Waals surface area contributed by atoms with Crippen LogP contribution in [0.25, 0.3) is 0 Å². The van der Waals surface area contributed by atoms with Crippen LogP contribution in [0.5, 0.6) is 0 Å². The molecule has 0 aromatic rings. The maximum absolute atomic E-state index is 10.8. The Bertz CT molecular complexity index is 249. The monoisotopic (exact) mass is 210 g/mol. The van der Waals surface area contributed by atoms with E-state index in [4.69, 9.17) is 4.74 Å². The summed E-state index contributed by atoms with van der Waals surface area (Å²) in [5.74, 6) is -0.123. The van der Waals surface area contributed by atoms with Crippen LogP contribution in [-0.2, 0) is 9.53 Å². The van der Waals surface area contributed by atoms with Gasteiger partial charge in [0.25, 0.3) is 0 Å². The summed E-state index contributed by atoms with van der Waals surface area (Å²) in [5, 5.41) is 0. The molecular weight excluding hydrogens is 188 g/mol. The molecule has 0 amide bonds. The molecule has 2 heteroatoms. The van der Waals surface area contributed by atoms with E-state index in [2.05, 4.69) is 32.9 Å². The highest BCUT2D eigenvalue weighted by Gasteiger charge is 1.96. The van der Waals surface area contributed by atoms with Gasteiger partial charge in [0.15, 0.2) is 0 Å². The van der Waals surface area contributed by atoms with Gasteiger partial charge in [-0.15, -0.1) is 0 Å². The second-order valence-corrected chi connectivity index (χ2v) is 3.55. The van der Waals surface area contributed by atoms with E-state index in [1.165, 1.54) is 11.1 Å². The van der Waals surface area contributed by atoms with Gasteiger partial charge in [-0.25, -0.2) is 0 Å². The zero-order valence-corrected chi connectivity index (χ0v) is 10.3. The maximum Gasteiger partial charge on any atom is 0.305 e. The molecule has 86 valence electrons. The maximum atomic E-state index is 10.8. The van der Waals surface area contributed by atoms with Crippen molar-refractivity contribution in [2.45, 2.75) is 47.0 Å². The molecule has 0 aromatic heterocycles. The van der Waals surface area contributed by atoms with E-state index in [0.717, 1.165) is 12.8 Å². The van der Waals surface area contributed by atoms with Crippen molar-refractivity contribution in [2.75, 3.05) is 6.61 Å². The molecule has 0 fully saturated rings. The van der Waals surface area contributed by atoms with E-state index < -0.39 is 0 Å². The summed E-state index contributed by atoms with van der Waals surface area (Å²) >= 11 is 0. The first-order valence-corrected chi connectivity index (χ1v) is 5.61. The second kappa shape index (κ2) is 8.27. The van der Waals surface area contributed by atoms with E-state index in [0.29, 0.717) is 13.0 Å². The SMILES string of the molecule is CC/C=C(C)/C(C)=C/CCOC(=O)CC. The third kappa shape index (κ3) is 6.95. The first kappa shape index (κ1) is 13.9. The van der Waals surface area contributed by atoms with Crippen LogP contribution in [0, 0.1) is 0 Å². The van der Waals surface area contributed by atoms with E-state index >= 15 is 0 Å². The van der Waals surface area contributed by atoms with Crippen LogP contribution in [0.15, 0.2) is 23.3 Å². The summed E-state index contributed by atoms with van der Waals surface area (Å²) in [4.78, 5) is 10.8. The predicted octanol–water partition coefficient (Wildman–Crippen LogP) is 3.63. The molecule has 0 radical (unpaired) electrons. The Kier molecular flexibility index (Phi) is 7.69. The molecule has 0 atom stereocenters. The van der Waals surface area contributed by atoms with Gasteiger partial charge in [-0.2, -0.15) is 0 Å². The van der Waals surface area contributed by atoms with Crippen molar-refractivity contribution in [2.24, 2.45) is 0 Å². The predicted molar refractivity (Wildman–Crippen MR) is 63.7 cm³/mol. The van der Waals surface area contributed by atoms with Crippen LogP contribution in [0.1, 0.15) is 47.0 Å². The molecule has 0 saturated carbocycles. The van der Waals surface area contributed by atoms with Crippen molar-refractivity contribution in [1.29, 1.82) is 0 Å². The van der Waals surface area contributed by atoms with Gasteiger partial charge in [-0.1, -0.05) is 37.1 Å². The summed E-state index contributed by atoms with van der Waals surface area (Å²) in [6, 6.07) is 0. The normalized spacial score (nSPS) is 12.8. The molecule has 0 aliphatic carbocycles. The van der Waals surface area contributed by atoms with Gasteiger partial charge in [0.05, 0.1) is 6.61 Å². The number of hydrogen-bond donors (Lipinski definition) is 0. The summed E-state index contributed by atoms with van der Waals surface area (Å²) in [5.41, 5.74) is 2.57. The molecule has 0 aromatic carbocycles. The standard InChI is InChI=1S/C13H22O2/c1-5-8-11(3)12(4)9-7-10-15-13(14)6-2/h8-9H,5-7,10H2,1-4H3/b11-8+,12-9+. The van der Waals surface area contributed by atoms with Crippen molar-refractivity contribution in [3.63, 3.8) is 0 Å². The number of esters is 1. The number of rotatable bonds is 6. The Morgan fingerprint density at radius 1 is 1.13 bits per heavy atom. The lowest BCUT2D eigenvalue weighted by molar-refractivity contribution is -0.143. The van der Waals surface area contributed by atoms with Gasteiger partial charge >= 0.3 is 5.97 Å². The summed E-state index contributed by atoms with van der Waals surface area (Å²) in [6.45, 7) is 8.61. The molecule has 0 aliphatic rings. The molecule has 0 rings (SSSR count). The number of hydrogen-bond acceptors (Lipinski definition) is 2. The first-order chi connectivity index (χ1) is 7.11. The lowest BCUT2D eigenvalue weighted by Gasteiger charge is -2.03. The minimum Gasteiger partial charge on any atom is -0.465 e. The Morgan fingerprint density at radius 2 is 1.73 bits per heavy atom. The molecule has 0 unspecified atom stereocenters. The number of carbonyl (C=O) groups is 1. The Balaban J connectivity index is 3.86. The fourth-order valence-electron chi connectivity index (χ4n) is 1.18. The highest BCUT2D eigenvalue weighted by Crippen LogP contribution is 2.09. The average molecular weight is 210 g/mol. The van der Waals surface area contributed by atoms with Crippen LogP contribution in [0.4, 0.5) is 0 Å². The lowest BCUT2D eigenvalue weighted by Crippen LogP contribution is -2.03. The summed E-state index contributed by atoms with van der Waals surface area (Å²) < 4.78 is 4.98. The molecule has 0 spiro atoms. The van der Waals surface area contributed by atoms with Gasteiger partial charge in [-0.05, 0) is 20.3 Å². The molecule has 0 bridgehead atoms. The fourth-order valence-corrected chi connectivity index (χ4v) is 1.18. The molecule has 0 heterocycles. The lowest BCUT2D eigenvalue weighted by atomic mass is 10.1. The zero-order valence-electron chi connectivity index (χ0n) is 10.3. The topological polar surface area (TPSA) is 26.3 Å². The molecular formula is C13H22O2. The van der Waals surface area contributed by atoms with Gasteiger partial charge in [0.1, 0.15) is 0 Å². The van der Waals surface area contributed by atoms with Crippen LogP contribution in [0.2, 0.25) is 0 Å². The second-order valence-electron chi connectivity index (χ2n) is 3.55. The third-order valence-electron chi connectivity index (χ3n) is 2.25. The Morgan fingerprint density at radius 3 is 2.27 bits per heavy atom. The molecule has 0 saturated heterocycles. The smallest absolute Gasteiger partial charge is 0.305 e. The van der Waals surface area contributed by atoms with Gasteiger partial charge in [0, 0.05) is 12.8 Å². The quantitative estimate of drug-likeness (QED) is 0.380. The summed E-state index contributed by atoms with van der Waals surface area (Å²) in [7, 11) is 0. The van der Waals surface area contributed by atoms with E-state index in [1.807, 2.05) is 0 Å². The van der Waals surface area contributed by atoms with Gasteiger partial charge in [-0.3, -0.25) is 4.79 Å². The average Bonchev–Trinajstić information content (AvgIpc) is 2.23. The minimum atomic E-state index is -0.123. The van der Waals surface area contributed by atoms with Crippen LogP contribution < -0.4 is 0 Å². The van der Waals surface area contributed by atoms with Crippen molar-refractivity contribution < 1.29 is 9.53 Å². The van der Waals surface area contributed by atoms with Gasteiger partial charge < -0.3 is 4.74 Å². The van der Waals surface area contributed by atoms with Crippen LogP contribution in [0.3, 0.4) is 0 Å². The van der Waals surface area contributed by atoms with E-state index in [9.17, 15) is 4.79 Å². The molecule has 0 N–H and O–H groups in total. The molecule has 0 aliphatic heterocycles. The zero-order chi connectivity index (χ0) is 11.7. The van der Waals surface area contributed by atoms with E-state index in [-0.39, 0.29) is 5.97 Å². The summed E-state index contributed by atoms with van der Waals surface area (Å²) in [6.07, 6.45) is 6.63. The number of carbonyl (C=O) groups excluding carboxylic acids is 1. The van der Waals surface area contributed by atoms with Crippen LogP contribution >= 0.6 is 0 Å². The highest BCUT2D eigenvalue weighted by molar-refractivity contribution is 5.68. The Labute approximate surface area is 93.0 Å². The van der Waals surface area contributed by atoms with Crippen molar-refractivity contribution in [3.8, 4) is 0 Å². The first-order valence-electron chi connectivity index (χ1n) is 5.61. The minimum absolute atomic E-state index is 0.123. The largest absolute Gasteiger partial charge is 0.465 e. The Hall–Kier alpha value is -1.05. The van der Waals surface area contributed by atoms with E-state index in [1.54, 1.807) is 6.92 Å². The van der Waals surface area contributed by atoms with Crippen molar-refractivity contribution in [1.82, 2.24) is 0 Å². The van der Waals surface area contributed by atoms with Gasteiger partial charge in [0.2, 0.25) is 0 Å². The number of allylic oxidation sites excluding steroid dienone is 3. The van der Waals surface area contributed by atoms with Crippen molar-refractivity contribution >= 4 is 5.97 Å². The molecule has 2 nitrogen and oxygen atoms in total. The van der Waals surface area contributed by atoms with Crippen molar-refractivity contribution in [3.05, 3.63) is 23.3 Å². The fraction of sp³-hybridized carbons (Fsp3) is 0.615. The highest BCUT2D eigenvalue weighted by atomic mass is 16.5. The number of ether oxygens (including phenoxy) is 1. The third-order valence-corrected chi connectivity index (χ3v) is 2.25.